The smallest absolute Gasteiger partial charge is 0.221 e. The number of anilines is 1. The van der Waals surface area contributed by atoms with Crippen LogP contribution in [0.3, 0.4) is 0 Å². The van der Waals surface area contributed by atoms with Crippen molar-refractivity contribution in [3.63, 3.8) is 0 Å². The van der Waals surface area contributed by atoms with Gasteiger partial charge in [0.05, 0.1) is 11.0 Å². The van der Waals surface area contributed by atoms with Gasteiger partial charge < -0.3 is 5.73 Å². The molecule has 4 aromatic rings. The quantitative estimate of drug-likeness (QED) is 0.530. The first-order valence-corrected chi connectivity index (χ1v) is 7.59. The zero-order valence-corrected chi connectivity index (χ0v) is 13.5. The molecule has 3 aromatic heterocycles. The van der Waals surface area contributed by atoms with Gasteiger partial charge in [-0.2, -0.15) is 4.98 Å². The number of terminal acetylenes is 1. The van der Waals surface area contributed by atoms with Crippen molar-refractivity contribution in [2.75, 3.05) is 5.73 Å². The van der Waals surface area contributed by atoms with Crippen LogP contribution in [0.2, 0.25) is 0 Å². The Labute approximate surface area is 149 Å². The Hall–Kier alpha value is -4.23. The van der Waals surface area contributed by atoms with Crippen LogP contribution in [-0.2, 0) is 0 Å². The molecular weight excluding hydrogens is 326 g/mol. The monoisotopic (exact) mass is 337 g/mol. The van der Waals surface area contributed by atoms with Gasteiger partial charge in [-0.1, -0.05) is 11.8 Å². The van der Waals surface area contributed by atoms with Gasteiger partial charge in [0.25, 0.3) is 0 Å². The van der Waals surface area contributed by atoms with E-state index in [0.717, 1.165) is 16.6 Å². The van der Waals surface area contributed by atoms with Gasteiger partial charge >= 0.3 is 0 Å². The Kier molecular flexibility index (Phi) is 3.74. The summed E-state index contributed by atoms with van der Waals surface area (Å²) in [6.45, 7) is 0. The first-order chi connectivity index (χ1) is 12.7. The molecule has 4 rings (SSSR count). The van der Waals surface area contributed by atoms with E-state index >= 15 is 0 Å². The second-order valence-corrected chi connectivity index (χ2v) is 5.27. The Morgan fingerprint density at radius 3 is 2.69 bits per heavy atom. The number of aromatic nitrogens is 6. The van der Waals surface area contributed by atoms with Crippen LogP contribution in [0, 0.1) is 24.2 Å². The Morgan fingerprint density at radius 2 is 1.85 bits per heavy atom. The average molecular weight is 337 g/mol. The number of rotatable bonds is 1. The number of hydrogen-bond donors (Lipinski definition) is 1. The van der Waals surface area contributed by atoms with Crippen LogP contribution < -0.4 is 5.73 Å². The van der Waals surface area contributed by atoms with Crippen LogP contribution in [0.15, 0.2) is 49.2 Å². The molecule has 0 aliphatic carbocycles. The summed E-state index contributed by atoms with van der Waals surface area (Å²) in [6, 6.07) is 9.14. The summed E-state index contributed by atoms with van der Waals surface area (Å²) < 4.78 is 1.83. The first-order valence-electron chi connectivity index (χ1n) is 7.59. The van der Waals surface area contributed by atoms with E-state index in [9.17, 15) is 0 Å². The lowest BCUT2D eigenvalue weighted by atomic mass is 10.2. The maximum Gasteiger partial charge on any atom is 0.221 e. The molecule has 122 valence electrons. The maximum atomic E-state index is 5.67. The van der Waals surface area contributed by atoms with Crippen LogP contribution in [0.25, 0.3) is 16.9 Å². The van der Waals surface area contributed by atoms with E-state index in [2.05, 4.69) is 42.7 Å². The molecule has 0 bridgehead atoms. The predicted octanol–water partition coefficient (Wildman–Crippen LogP) is 1.57. The maximum absolute atomic E-state index is 5.67. The zero-order valence-electron chi connectivity index (χ0n) is 13.5. The van der Waals surface area contributed by atoms with Crippen molar-refractivity contribution < 1.29 is 0 Å². The summed E-state index contributed by atoms with van der Waals surface area (Å²) in [4.78, 5) is 20.6. The number of nitrogen functional groups attached to an aromatic ring is 1. The van der Waals surface area contributed by atoms with Crippen LogP contribution >= 0.6 is 0 Å². The minimum absolute atomic E-state index is 0.202. The number of fused-ring (bicyclic) bond motifs is 1. The van der Waals surface area contributed by atoms with Gasteiger partial charge in [-0.3, -0.25) is 4.57 Å². The van der Waals surface area contributed by atoms with Crippen molar-refractivity contribution in [3.05, 3.63) is 66.1 Å². The van der Waals surface area contributed by atoms with Gasteiger partial charge in [-0.15, -0.1) is 6.42 Å². The molecule has 7 nitrogen and oxygen atoms in total. The summed E-state index contributed by atoms with van der Waals surface area (Å²) in [5.41, 5.74) is 9.22. The van der Waals surface area contributed by atoms with Crippen LogP contribution in [-0.4, -0.2) is 29.5 Å². The minimum Gasteiger partial charge on any atom is -0.368 e. The fraction of sp³-hybridized carbons (Fsp3) is 0. The third-order valence-corrected chi connectivity index (χ3v) is 3.60. The number of nitrogens with zero attached hydrogens (tertiary/aromatic N) is 6. The van der Waals surface area contributed by atoms with Crippen LogP contribution in [0.1, 0.15) is 17.0 Å². The standard InChI is InChI=1S/C19H11N7/c1-2-14-10-15(23-11-22-14)5-3-13-4-6-16-17(9-13)26(12-24-16)18-7-8-21-19(20)25-18/h1,4,6-12H,(H2,20,21,25). The number of nitrogens with two attached hydrogens (primary N) is 1. The number of hydrogen-bond acceptors (Lipinski definition) is 6. The third-order valence-electron chi connectivity index (χ3n) is 3.60. The molecule has 1 aromatic carbocycles. The highest BCUT2D eigenvalue weighted by molar-refractivity contribution is 5.78. The van der Waals surface area contributed by atoms with Gasteiger partial charge in [-0.05, 0) is 30.2 Å². The van der Waals surface area contributed by atoms with Gasteiger partial charge in [-0.25, -0.2) is 19.9 Å². The lowest BCUT2D eigenvalue weighted by molar-refractivity contribution is 1.00. The zero-order chi connectivity index (χ0) is 17.9. The molecule has 3 heterocycles. The molecule has 0 saturated heterocycles. The second-order valence-electron chi connectivity index (χ2n) is 5.27. The minimum atomic E-state index is 0.202. The average Bonchev–Trinajstić information content (AvgIpc) is 3.10. The van der Waals surface area contributed by atoms with E-state index in [0.29, 0.717) is 17.2 Å². The highest BCUT2D eigenvalue weighted by Crippen LogP contribution is 2.18. The highest BCUT2D eigenvalue weighted by atomic mass is 15.1. The molecule has 0 spiro atoms. The molecule has 0 saturated carbocycles. The summed E-state index contributed by atoms with van der Waals surface area (Å²) in [6.07, 6.45) is 10.0. The topological polar surface area (TPSA) is 95.4 Å². The molecule has 0 fully saturated rings. The van der Waals surface area contributed by atoms with E-state index in [1.54, 1.807) is 24.7 Å². The SMILES string of the molecule is C#Cc1cc(C#Cc2ccc3ncn(-c4ccnc(N)n4)c3c2)ncn1. The Balaban J connectivity index is 1.75. The molecule has 0 aliphatic heterocycles. The summed E-state index contributed by atoms with van der Waals surface area (Å²) >= 11 is 0. The van der Waals surface area contributed by atoms with Gasteiger partial charge in [0.2, 0.25) is 5.95 Å². The van der Waals surface area contributed by atoms with E-state index in [-0.39, 0.29) is 5.95 Å². The van der Waals surface area contributed by atoms with E-state index in [1.165, 1.54) is 6.33 Å². The van der Waals surface area contributed by atoms with Gasteiger partial charge in [0.15, 0.2) is 0 Å². The lowest BCUT2D eigenvalue weighted by Crippen LogP contribution is -2.01. The Bertz CT molecular complexity index is 1220. The molecule has 26 heavy (non-hydrogen) atoms. The third kappa shape index (κ3) is 2.93. The fourth-order valence-corrected chi connectivity index (χ4v) is 2.41. The molecule has 2 N–H and O–H groups in total. The van der Waals surface area contributed by atoms with Crippen molar-refractivity contribution in [2.45, 2.75) is 0 Å². The van der Waals surface area contributed by atoms with E-state index in [4.69, 9.17) is 12.2 Å². The predicted molar refractivity (Wildman–Crippen MR) is 97.0 cm³/mol. The molecule has 0 radical (unpaired) electrons. The Morgan fingerprint density at radius 1 is 0.962 bits per heavy atom. The molecule has 0 unspecified atom stereocenters. The first kappa shape index (κ1) is 15.3. The summed E-state index contributed by atoms with van der Waals surface area (Å²) in [5.74, 6) is 9.37. The second kappa shape index (κ2) is 6.34. The molecule has 7 heteroatoms. The summed E-state index contributed by atoms with van der Waals surface area (Å²) in [7, 11) is 0. The van der Waals surface area contributed by atoms with Gasteiger partial charge in [0, 0.05) is 17.8 Å². The van der Waals surface area contributed by atoms with Crippen LogP contribution in [0.5, 0.6) is 0 Å². The van der Waals surface area contributed by atoms with E-state index < -0.39 is 0 Å². The van der Waals surface area contributed by atoms with Crippen LogP contribution in [0.4, 0.5) is 5.95 Å². The van der Waals surface area contributed by atoms with Crippen molar-refractivity contribution in [1.82, 2.24) is 29.5 Å². The normalized spacial score (nSPS) is 10.1. The van der Waals surface area contributed by atoms with Crippen molar-refractivity contribution >= 4 is 17.0 Å². The number of benzene rings is 1. The summed E-state index contributed by atoms with van der Waals surface area (Å²) in [5, 5.41) is 0. The van der Waals surface area contributed by atoms with E-state index in [1.807, 2.05) is 22.8 Å². The van der Waals surface area contributed by atoms with Crippen molar-refractivity contribution in [3.8, 4) is 30.0 Å². The molecule has 0 atom stereocenters. The molecular formula is C19H11N7. The lowest BCUT2D eigenvalue weighted by Gasteiger charge is -2.03. The fourth-order valence-electron chi connectivity index (χ4n) is 2.41. The largest absolute Gasteiger partial charge is 0.368 e. The van der Waals surface area contributed by atoms with Crippen molar-refractivity contribution in [1.29, 1.82) is 0 Å². The van der Waals surface area contributed by atoms with Crippen molar-refractivity contribution in [2.24, 2.45) is 0 Å². The van der Waals surface area contributed by atoms with Gasteiger partial charge in [0.1, 0.15) is 29.9 Å². The molecule has 0 amide bonds. The highest BCUT2D eigenvalue weighted by Gasteiger charge is 2.07. The number of imidazole rings is 1. The molecule has 0 aliphatic rings.